The lowest BCUT2D eigenvalue weighted by Gasteiger charge is -2.23. The largest absolute Gasteiger partial charge is 0.489 e. The Morgan fingerprint density at radius 3 is 2.25 bits per heavy atom. The minimum Gasteiger partial charge on any atom is -0.489 e. The lowest BCUT2D eigenvalue weighted by molar-refractivity contribution is -0.147. The molecule has 0 spiro atoms. The minimum absolute atomic E-state index is 0.242. The van der Waals surface area contributed by atoms with Gasteiger partial charge in [0.05, 0.1) is 11.2 Å². The van der Waals surface area contributed by atoms with Crippen LogP contribution >= 0.6 is 0 Å². The summed E-state index contributed by atoms with van der Waals surface area (Å²) in [6, 6.07) is 42.6. The number of ether oxygens (including phenoxy) is 2. The van der Waals surface area contributed by atoms with E-state index >= 15 is 0 Å². The third-order valence-corrected chi connectivity index (χ3v) is 9.55. The molecule has 0 bridgehead atoms. The molecule has 1 aliphatic rings. The van der Waals surface area contributed by atoms with Gasteiger partial charge in [0.15, 0.2) is 5.82 Å². The van der Waals surface area contributed by atoms with E-state index in [4.69, 9.17) is 19.6 Å². The number of rotatable bonds is 11. The van der Waals surface area contributed by atoms with Gasteiger partial charge in [0, 0.05) is 30.6 Å². The summed E-state index contributed by atoms with van der Waals surface area (Å²) in [6.07, 6.45) is 1.35. The SMILES string of the molecule is CCc1cc(OCc2ccccc2)ccc1-c1ccc2c(-c3nc4c(n3Cc3ccccc3)C[C@@H](C(=O)OCc3ccccc3)NC4)n[nH]c2c1. The van der Waals surface area contributed by atoms with E-state index in [2.05, 4.69) is 76.5 Å². The zero-order chi connectivity index (χ0) is 34.6. The van der Waals surface area contributed by atoms with E-state index < -0.39 is 6.04 Å². The summed E-state index contributed by atoms with van der Waals surface area (Å²) in [5.41, 5.74) is 10.4. The van der Waals surface area contributed by atoms with Gasteiger partial charge in [0.1, 0.15) is 30.7 Å². The first-order valence-corrected chi connectivity index (χ1v) is 17.5. The number of esters is 1. The van der Waals surface area contributed by atoms with Crippen molar-refractivity contribution in [1.29, 1.82) is 0 Å². The van der Waals surface area contributed by atoms with Crippen LogP contribution in [0.25, 0.3) is 33.5 Å². The molecule has 5 aromatic carbocycles. The topological polar surface area (TPSA) is 94.1 Å². The van der Waals surface area contributed by atoms with Crippen LogP contribution in [0.15, 0.2) is 127 Å². The van der Waals surface area contributed by atoms with E-state index in [0.717, 1.165) is 68.2 Å². The maximum atomic E-state index is 13.2. The summed E-state index contributed by atoms with van der Waals surface area (Å²) in [7, 11) is 0. The summed E-state index contributed by atoms with van der Waals surface area (Å²) in [4.78, 5) is 18.4. The van der Waals surface area contributed by atoms with Crippen molar-refractivity contribution in [3.05, 3.63) is 161 Å². The Kier molecular flexibility index (Phi) is 9.14. The predicted octanol–water partition coefficient (Wildman–Crippen LogP) is 8.04. The van der Waals surface area contributed by atoms with E-state index in [1.165, 1.54) is 11.1 Å². The lowest BCUT2D eigenvalue weighted by Crippen LogP contribution is -2.43. The molecule has 2 N–H and O–H groups in total. The monoisotopic (exact) mass is 673 g/mol. The number of aromatic amines is 1. The molecule has 7 aromatic rings. The molecule has 1 aliphatic heterocycles. The van der Waals surface area contributed by atoms with Crippen molar-refractivity contribution in [2.24, 2.45) is 0 Å². The number of hydrogen-bond acceptors (Lipinski definition) is 6. The van der Waals surface area contributed by atoms with Crippen molar-refractivity contribution in [2.75, 3.05) is 0 Å². The zero-order valence-corrected chi connectivity index (χ0v) is 28.5. The summed E-state index contributed by atoms with van der Waals surface area (Å²) < 4.78 is 14.1. The Balaban J connectivity index is 1.08. The Morgan fingerprint density at radius 2 is 1.53 bits per heavy atom. The number of nitrogens with one attached hydrogen (secondary N) is 2. The van der Waals surface area contributed by atoms with E-state index in [1.54, 1.807) is 0 Å². The highest BCUT2D eigenvalue weighted by atomic mass is 16.5. The second kappa shape index (κ2) is 14.5. The summed E-state index contributed by atoms with van der Waals surface area (Å²) in [5, 5.41) is 12.5. The molecule has 0 saturated heterocycles. The highest BCUT2D eigenvalue weighted by molar-refractivity contribution is 5.94. The van der Waals surface area contributed by atoms with Gasteiger partial charge in [-0.25, -0.2) is 4.98 Å². The summed E-state index contributed by atoms with van der Waals surface area (Å²) >= 11 is 0. The molecule has 0 amide bonds. The van der Waals surface area contributed by atoms with Crippen molar-refractivity contribution in [2.45, 2.75) is 52.1 Å². The average molecular weight is 674 g/mol. The lowest BCUT2D eigenvalue weighted by atomic mass is 9.96. The molecule has 8 nitrogen and oxygen atoms in total. The molecule has 254 valence electrons. The maximum absolute atomic E-state index is 13.2. The molecule has 8 rings (SSSR count). The molecule has 0 radical (unpaired) electrons. The Bertz CT molecular complexity index is 2280. The number of aromatic nitrogens is 4. The fourth-order valence-corrected chi connectivity index (χ4v) is 6.84. The summed E-state index contributed by atoms with van der Waals surface area (Å²) in [5.74, 6) is 1.37. The second-order valence-electron chi connectivity index (χ2n) is 12.9. The Hall–Kier alpha value is -5.99. The Labute approximate surface area is 297 Å². The van der Waals surface area contributed by atoms with Crippen LogP contribution in [0.5, 0.6) is 5.75 Å². The van der Waals surface area contributed by atoms with E-state index in [1.807, 2.05) is 72.8 Å². The average Bonchev–Trinajstić information content (AvgIpc) is 3.77. The van der Waals surface area contributed by atoms with Gasteiger partial charge in [-0.05, 0) is 64.1 Å². The van der Waals surface area contributed by atoms with Crippen molar-refractivity contribution >= 4 is 16.9 Å². The molecular formula is C43H39N5O3. The fourth-order valence-electron chi connectivity index (χ4n) is 6.84. The van der Waals surface area contributed by atoms with Crippen LogP contribution in [-0.4, -0.2) is 31.8 Å². The quantitative estimate of drug-likeness (QED) is 0.135. The second-order valence-corrected chi connectivity index (χ2v) is 12.9. The first-order valence-electron chi connectivity index (χ1n) is 17.5. The van der Waals surface area contributed by atoms with Crippen LogP contribution in [-0.2, 0) is 48.7 Å². The number of fused-ring (bicyclic) bond motifs is 2. The van der Waals surface area contributed by atoms with Gasteiger partial charge in [-0.15, -0.1) is 0 Å². The fraction of sp³-hybridized carbons (Fsp3) is 0.186. The molecule has 51 heavy (non-hydrogen) atoms. The molecule has 8 heteroatoms. The third-order valence-electron chi connectivity index (χ3n) is 9.55. The van der Waals surface area contributed by atoms with Crippen LogP contribution in [0.2, 0.25) is 0 Å². The van der Waals surface area contributed by atoms with Crippen LogP contribution in [0.4, 0.5) is 0 Å². The predicted molar refractivity (Wildman–Crippen MR) is 199 cm³/mol. The molecule has 3 heterocycles. The van der Waals surface area contributed by atoms with Gasteiger partial charge in [-0.2, -0.15) is 5.10 Å². The number of benzene rings is 5. The number of aryl methyl sites for hydroxylation is 1. The van der Waals surface area contributed by atoms with Crippen molar-refractivity contribution in [1.82, 2.24) is 25.1 Å². The highest BCUT2D eigenvalue weighted by Gasteiger charge is 2.31. The first-order chi connectivity index (χ1) is 25.1. The molecular weight excluding hydrogens is 635 g/mol. The van der Waals surface area contributed by atoms with Crippen LogP contribution in [0.3, 0.4) is 0 Å². The number of H-pyrrole nitrogens is 1. The highest BCUT2D eigenvalue weighted by Crippen LogP contribution is 2.35. The molecule has 0 aliphatic carbocycles. The van der Waals surface area contributed by atoms with Crippen LogP contribution in [0, 0.1) is 0 Å². The number of nitrogens with zero attached hydrogens (tertiary/aromatic N) is 3. The van der Waals surface area contributed by atoms with Crippen molar-refractivity contribution < 1.29 is 14.3 Å². The first kappa shape index (κ1) is 32.2. The zero-order valence-electron chi connectivity index (χ0n) is 28.5. The van der Waals surface area contributed by atoms with Crippen LogP contribution in [0.1, 0.15) is 40.6 Å². The van der Waals surface area contributed by atoms with Gasteiger partial charge in [0.25, 0.3) is 0 Å². The van der Waals surface area contributed by atoms with E-state index in [0.29, 0.717) is 26.1 Å². The number of carbonyl (C=O) groups is 1. The standard InChI is InChI=1S/C43H39N5O3/c1-2-32-22-34(50-27-30-14-8-4-9-15-30)19-21-35(32)33-18-20-36-37(23-33)46-47-41(36)42-45-39-25-44-38(43(49)51-28-31-16-10-5-11-17-31)24-40(39)48(42)26-29-12-6-3-7-13-29/h3-23,38,44H,2,24-28H2,1H3,(H,46,47)/t38-/m0/s1. The number of imidazole rings is 1. The minimum atomic E-state index is -0.471. The van der Waals surface area contributed by atoms with E-state index in [9.17, 15) is 4.79 Å². The van der Waals surface area contributed by atoms with Gasteiger partial charge in [-0.3, -0.25) is 15.2 Å². The third kappa shape index (κ3) is 6.91. The normalized spacial score (nSPS) is 13.9. The van der Waals surface area contributed by atoms with Gasteiger partial charge in [-0.1, -0.05) is 110 Å². The maximum Gasteiger partial charge on any atom is 0.323 e. The van der Waals surface area contributed by atoms with Gasteiger partial charge in [0.2, 0.25) is 0 Å². The van der Waals surface area contributed by atoms with Crippen LogP contribution < -0.4 is 10.1 Å². The molecule has 0 saturated carbocycles. The van der Waals surface area contributed by atoms with Crippen molar-refractivity contribution in [3.8, 4) is 28.4 Å². The smallest absolute Gasteiger partial charge is 0.323 e. The molecule has 1 atom stereocenters. The van der Waals surface area contributed by atoms with Gasteiger partial charge < -0.3 is 14.0 Å². The van der Waals surface area contributed by atoms with Gasteiger partial charge >= 0.3 is 5.97 Å². The number of hydrogen-bond donors (Lipinski definition) is 2. The molecule has 0 fully saturated rings. The summed E-state index contributed by atoms with van der Waals surface area (Å²) in [6.45, 7) is 4.02. The molecule has 0 unspecified atom stereocenters. The van der Waals surface area contributed by atoms with Crippen molar-refractivity contribution in [3.63, 3.8) is 0 Å². The molecule has 2 aromatic heterocycles. The Morgan fingerprint density at radius 1 is 0.824 bits per heavy atom. The number of carbonyl (C=O) groups excluding carboxylic acids is 1. The van der Waals surface area contributed by atoms with E-state index in [-0.39, 0.29) is 12.6 Å².